The average molecular weight is 384 g/mol. The molecule has 1 aromatic carbocycles. The fourth-order valence-electron chi connectivity index (χ4n) is 4.14. The highest BCUT2D eigenvalue weighted by Gasteiger charge is 2.40. The molecule has 2 atom stereocenters. The summed E-state index contributed by atoms with van der Waals surface area (Å²) >= 11 is 1.55. The largest absolute Gasteiger partial charge is 0.481 e. The number of carbonyl (C=O) groups excluding carboxylic acids is 1. The highest BCUT2D eigenvalue weighted by atomic mass is 32.2. The summed E-state index contributed by atoms with van der Waals surface area (Å²) in [5, 5.41) is 4.15. The van der Waals surface area contributed by atoms with Crippen LogP contribution in [0.1, 0.15) is 30.1 Å². The van der Waals surface area contributed by atoms with Crippen LogP contribution < -0.4 is 10.1 Å². The number of fused-ring (bicyclic) bond motifs is 3. The summed E-state index contributed by atoms with van der Waals surface area (Å²) in [6, 6.07) is 14.1. The van der Waals surface area contributed by atoms with E-state index in [-0.39, 0.29) is 11.9 Å². The second kappa shape index (κ2) is 7.90. The molecule has 0 saturated carbocycles. The third-order valence-electron chi connectivity index (χ3n) is 5.72. The molecule has 1 amide bonds. The zero-order valence-electron chi connectivity index (χ0n) is 15.7. The Balaban J connectivity index is 1.40. The summed E-state index contributed by atoms with van der Waals surface area (Å²) < 4.78 is 5.16. The quantitative estimate of drug-likeness (QED) is 0.857. The van der Waals surface area contributed by atoms with Crippen molar-refractivity contribution in [1.29, 1.82) is 0 Å². The number of aromatic nitrogens is 1. The number of piperidine rings is 3. The molecule has 1 N–H and O–H groups in total. The molecule has 3 aliphatic heterocycles. The first-order valence-electron chi connectivity index (χ1n) is 9.48. The van der Waals surface area contributed by atoms with Crippen molar-refractivity contribution in [3.05, 3.63) is 48.0 Å². The molecular formula is C21H25N3O2S. The van der Waals surface area contributed by atoms with Gasteiger partial charge in [-0.2, -0.15) is 0 Å². The van der Waals surface area contributed by atoms with Crippen LogP contribution in [0, 0.1) is 5.92 Å². The van der Waals surface area contributed by atoms with Gasteiger partial charge in [-0.15, -0.1) is 0 Å². The Morgan fingerprint density at radius 3 is 2.59 bits per heavy atom. The maximum atomic E-state index is 12.7. The number of hydrogen-bond donors (Lipinski definition) is 1. The van der Waals surface area contributed by atoms with Crippen molar-refractivity contribution in [2.24, 2.45) is 5.92 Å². The lowest BCUT2D eigenvalue weighted by atomic mass is 9.79. The van der Waals surface area contributed by atoms with Gasteiger partial charge in [-0.3, -0.25) is 9.69 Å². The number of benzene rings is 1. The number of rotatable bonds is 5. The topological polar surface area (TPSA) is 54.5 Å². The predicted octanol–water partition coefficient (Wildman–Crippen LogP) is 3.45. The predicted molar refractivity (Wildman–Crippen MR) is 106 cm³/mol. The lowest BCUT2D eigenvalue weighted by Crippen LogP contribution is -2.62. The standard InChI is InChI=1S/C21H25N3O2S/c1-14-20(15-10-12-24(14)13-11-15)23-21(25)16-6-8-17(9-7-16)27-19-5-3-4-18(22-19)26-2/h3-9,14-15,20H,10-13H2,1-2H3,(H,23,25). The van der Waals surface area contributed by atoms with Crippen LogP contribution in [0.5, 0.6) is 5.88 Å². The molecule has 2 aromatic rings. The van der Waals surface area contributed by atoms with Gasteiger partial charge in [-0.05, 0) is 69.1 Å². The van der Waals surface area contributed by atoms with Crippen LogP contribution in [-0.2, 0) is 0 Å². The molecule has 27 heavy (non-hydrogen) atoms. The van der Waals surface area contributed by atoms with Crippen LogP contribution in [-0.4, -0.2) is 48.1 Å². The highest BCUT2D eigenvalue weighted by molar-refractivity contribution is 7.99. The Kier molecular flexibility index (Phi) is 5.36. The summed E-state index contributed by atoms with van der Waals surface area (Å²) in [6.45, 7) is 4.57. The van der Waals surface area contributed by atoms with Crippen LogP contribution in [0.4, 0.5) is 0 Å². The van der Waals surface area contributed by atoms with E-state index in [0.29, 0.717) is 23.4 Å². The van der Waals surface area contributed by atoms with E-state index < -0.39 is 0 Å². The number of methoxy groups -OCH3 is 1. The molecular weight excluding hydrogens is 358 g/mol. The van der Waals surface area contributed by atoms with E-state index in [1.54, 1.807) is 18.9 Å². The minimum atomic E-state index is 0.0247. The normalized spacial score (nSPS) is 26.6. The first-order chi connectivity index (χ1) is 13.1. The number of nitrogens with one attached hydrogen (secondary N) is 1. The van der Waals surface area contributed by atoms with Gasteiger partial charge in [0.1, 0.15) is 5.03 Å². The Bertz CT molecular complexity index is 801. The van der Waals surface area contributed by atoms with Gasteiger partial charge in [-0.1, -0.05) is 17.8 Å². The van der Waals surface area contributed by atoms with Crippen molar-refractivity contribution >= 4 is 17.7 Å². The monoisotopic (exact) mass is 383 g/mol. The van der Waals surface area contributed by atoms with E-state index in [2.05, 4.69) is 22.1 Å². The zero-order valence-corrected chi connectivity index (χ0v) is 16.5. The smallest absolute Gasteiger partial charge is 0.251 e. The highest BCUT2D eigenvalue weighted by Crippen LogP contribution is 2.32. The second-order valence-electron chi connectivity index (χ2n) is 7.26. The van der Waals surface area contributed by atoms with E-state index in [1.807, 2.05) is 42.5 Å². The van der Waals surface area contributed by atoms with E-state index in [4.69, 9.17) is 4.74 Å². The number of amides is 1. The van der Waals surface area contributed by atoms with Crippen LogP contribution in [0.3, 0.4) is 0 Å². The molecule has 4 heterocycles. The first kappa shape index (κ1) is 18.3. The van der Waals surface area contributed by atoms with Crippen LogP contribution in [0.2, 0.25) is 0 Å². The maximum absolute atomic E-state index is 12.7. The molecule has 5 nitrogen and oxygen atoms in total. The Labute approximate surface area is 164 Å². The van der Waals surface area contributed by atoms with Gasteiger partial charge in [0.15, 0.2) is 0 Å². The SMILES string of the molecule is COc1cccc(Sc2ccc(C(=O)NC3C4CCN(CC4)C3C)cc2)n1. The molecule has 3 aliphatic rings. The lowest BCUT2D eigenvalue weighted by Gasteiger charge is -2.49. The van der Waals surface area contributed by atoms with Gasteiger partial charge in [0.25, 0.3) is 5.91 Å². The molecule has 6 heteroatoms. The average Bonchev–Trinajstić information content (AvgIpc) is 2.71. The fourth-order valence-corrected chi connectivity index (χ4v) is 4.94. The first-order valence-corrected chi connectivity index (χ1v) is 10.3. The number of nitrogens with zero attached hydrogens (tertiary/aromatic N) is 2. The van der Waals surface area contributed by atoms with E-state index in [0.717, 1.165) is 9.92 Å². The van der Waals surface area contributed by atoms with Gasteiger partial charge in [0.2, 0.25) is 5.88 Å². The maximum Gasteiger partial charge on any atom is 0.251 e. The molecule has 0 spiro atoms. The van der Waals surface area contributed by atoms with Crippen molar-refractivity contribution in [1.82, 2.24) is 15.2 Å². The molecule has 142 valence electrons. The lowest BCUT2D eigenvalue weighted by molar-refractivity contribution is 0.0217. The van der Waals surface area contributed by atoms with Gasteiger partial charge >= 0.3 is 0 Å². The molecule has 0 aliphatic carbocycles. The minimum Gasteiger partial charge on any atom is -0.481 e. The number of hydrogen-bond acceptors (Lipinski definition) is 5. The summed E-state index contributed by atoms with van der Waals surface area (Å²) in [7, 11) is 1.61. The van der Waals surface area contributed by atoms with Crippen molar-refractivity contribution < 1.29 is 9.53 Å². The number of carbonyl (C=O) groups is 1. The van der Waals surface area contributed by atoms with Gasteiger partial charge < -0.3 is 10.1 Å². The van der Waals surface area contributed by atoms with Gasteiger partial charge in [-0.25, -0.2) is 4.98 Å². The van der Waals surface area contributed by atoms with E-state index in [1.165, 1.54) is 25.9 Å². The third-order valence-corrected chi connectivity index (χ3v) is 6.67. The van der Waals surface area contributed by atoms with Crippen molar-refractivity contribution in [2.45, 2.75) is 41.8 Å². The Hall–Kier alpha value is -2.05. The van der Waals surface area contributed by atoms with Gasteiger partial charge in [0, 0.05) is 28.6 Å². The minimum absolute atomic E-state index is 0.0247. The molecule has 5 rings (SSSR count). The van der Waals surface area contributed by atoms with E-state index in [9.17, 15) is 4.79 Å². The van der Waals surface area contributed by atoms with Crippen molar-refractivity contribution in [2.75, 3.05) is 20.2 Å². The Morgan fingerprint density at radius 2 is 1.93 bits per heavy atom. The zero-order chi connectivity index (χ0) is 18.8. The van der Waals surface area contributed by atoms with Crippen LogP contribution >= 0.6 is 11.8 Å². The molecule has 1 aromatic heterocycles. The molecule has 0 radical (unpaired) electrons. The Morgan fingerprint density at radius 1 is 1.19 bits per heavy atom. The second-order valence-corrected chi connectivity index (χ2v) is 8.35. The molecule has 2 bridgehead atoms. The van der Waals surface area contributed by atoms with E-state index >= 15 is 0 Å². The third kappa shape index (κ3) is 3.96. The summed E-state index contributed by atoms with van der Waals surface area (Å²) in [5.74, 6) is 1.24. The summed E-state index contributed by atoms with van der Waals surface area (Å²) in [6.07, 6.45) is 2.39. The molecule has 2 unspecified atom stereocenters. The number of pyridine rings is 1. The van der Waals surface area contributed by atoms with Crippen LogP contribution in [0.15, 0.2) is 52.4 Å². The summed E-state index contributed by atoms with van der Waals surface area (Å²) in [4.78, 5) is 20.7. The van der Waals surface area contributed by atoms with Gasteiger partial charge in [0.05, 0.1) is 7.11 Å². The van der Waals surface area contributed by atoms with Crippen molar-refractivity contribution in [3.63, 3.8) is 0 Å². The fraction of sp³-hybridized carbons (Fsp3) is 0.429. The number of ether oxygens (including phenoxy) is 1. The molecule has 3 fully saturated rings. The molecule has 3 saturated heterocycles. The summed E-state index contributed by atoms with van der Waals surface area (Å²) in [5.41, 5.74) is 0.710. The van der Waals surface area contributed by atoms with Crippen LogP contribution in [0.25, 0.3) is 0 Å². The van der Waals surface area contributed by atoms with Crippen molar-refractivity contribution in [3.8, 4) is 5.88 Å².